The van der Waals surface area contributed by atoms with E-state index in [-0.39, 0.29) is 5.97 Å². The van der Waals surface area contributed by atoms with Gasteiger partial charge in [0.25, 0.3) is 0 Å². The Balaban J connectivity index is 1.72. The van der Waals surface area contributed by atoms with Crippen molar-refractivity contribution in [2.24, 2.45) is 5.92 Å². The van der Waals surface area contributed by atoms with E-state index in [0.717, 1.165) is 17.9 Å². The predicted octanol–water partition coefficient (Wildman–Crippen LogP) is 3.02. The minimum atomic E-state index is -0.281. The largest absolute Gasteiger partial charge is 0.463 e. The molecule has 0 unspecified atom stereocenters. The quantitative estimate of drug-likeness (QED) is 0.493. The summed E-state index contributed by atoms with van der Waals surface area (Å²) in [4.78, 5) is 11.4. The molecule has 3 nitrogen and oxygen atoms in total. The number of ether oxygens (including phenoxy) is 1. The molecule has 18 heavy (non-hydrogen) atoms. The van der Waals surface area contributed by atoms with Gasteiger partial charge in [0.15, 0.2) is 0 Å². The monoisotopic (exact) mass is 245 g/mol. The maximum Gasteiger partial charge on any atom is 0.330 e. The number of nitrogens with two attached hydrogens (primary N) is 1. The van der Waals surface area contributed by atoms with Crippen molar-refractivity contribution in [1.82, 2.24) is 0 Å². The summed E-state index contributed by atoms with van der Waals surface area (Å²) < 4.78 is 5.14. The van der Waals surface area contributed by atoms with Crippen LogP contribution in [0.3, 0.4) is 0 Å². The lowest BCUT2D eigenvalue weighted by molar-refractivity contribution is -0.138. The average molecular weight is 245 g/mol. The number of carbonyl (C=O) groups is 1. The smallest absolute Gasteiger partial charge is 0.330 e. The highest BCUT2D eigenvalue weighted by Crippen LogP contribution is 2.29. The van der Waals surface area contributed by atoms with Crippen molar-refractivity contribution < 1.29 is 9.53 Å². The Morgan fingerprint density at radius 2 is 2.28 bits per heavy atom. The number of anilines is 1. The zero-order chi connectivity index (χ0) is 12.8. The Morgan fingerprint density at radius 3 is 2.94 bits per heavy atom. The van der Waals surface area contributed by atoms with Gasteiger partial charge in [-0.1, -0.05) is 31.4 Å². The second-order valence-corrected chi connectivity index (χ2v) is 4.76. The van der Waals surface area contributed by atoms with E-state index in [9.17, 15) is 4.79 Å². The third-order valence-electron chi connectivity index (χ3n) is 3.32. The van der Waals surface area contributed by atoms with Gasteiger partial charge in [-0.25, -0.2) is 4.79 Å². The van der Waals surface area contributed by atoms with Crippen LogP contribution in [0, 0.1) is 5.92 Å². The van der Waals surface area contributed by atoms with E-state index in [2.05, 4.69) is 0 Å². The first kappa shape index (κ1) is 12.7. The molecule has 0 spiro atoms. The summed E-state index contributed by atoms with van der Waals surface area (Å²) in [7, 11) is 0. The van der Waals surface area contributed by atoms with Crippen molar-refractivity contribution in [2.45, 2.75) is 25.7 Å². The highest BCUT2D eigenvalue weighted by Gasteiger charge is 2.17. The molecule has 1 aromatic carbocycles. The van der Waals surface area contributed by atoms with Gasteiger partial charge in [-0.15, -0.1) is 0 Å². The van der Waals surface area contributed by atoms with Gasteiger partial charge >= 0.3 is 5.97 Å². The van der Waals surface area contributed by atoms with E-state index in [4.69, 9.17) is 10.5 Å². The summed E-state index contributed by atoms with van der Waals surface area (Å²) in [5.74, 6) is 0.493. The molecule has 1 aliphatic rings. The van der Waals surface area contributed by atoms with Crippen molar-refractivity contribution in [1.29, 1.82) is 0 Å². The number of hydrogen-bond acceptors (Lipinski definition) is 3. The lowest BCUT2D eigenvalue weighted by atomic mass is 9.83. The lowest BCUT2D eigenvalue weighted by Crippen LogP contribution is -2.14. The summed E-state index contributed by atoms with van der Waals surface area (Å²) in [5, 5.41) is 0. The van der Waals surface area contributed by atoms with Crippen LogP contribution in [0.5, 0.6) is 0 Å². The van der Waals surface area contributed by atoms with Gasteiger partial charge < -0.3 is 10.5 Å². The molecule has 0 bridgehead atoms. The minimum Gasteiger partial charge on any atom is -0.463 e. The van der Waals surface area contributed by atoms with Gasteiger partial charge in [-0.05, 0) is 36.1 Å². The average Bonchev–Trinajstić information content (AvgIpc) is 2.30. The predicted molar refractivity (Wildman–Crippen MR) is 72.8 cm³/mol. The molecule has 2 rings (SSSR count). The number of nitrogen functional groups attached to an aromatic ring is 1. The Labute approximate surface area is 108 Å². The number of esters is 1. The van der Waals surface area contributed by atoms with Gasteiger partial charge in [-0.3, -0.25) is 0 Å². The molecule has 3 heteroatoms. The van der Waals surface area contributed by atoms with Crippen LogP contribution in [-0.4, -0.2) is 12.6 Å². The van der Waals surface area contributed by atoms with E-state index in [1.54, 1.807) is 6.08 Å². The second kappa shape index (κ2) is 6.24. The molecule has 0 aliphatic heterocycles. The van der Waals surface area contributed by atoms with Crippen LogP contribution in [0.2, 0.25) is 0 Å². The van der Waals surface area contributed by atoms with Crippen LogP contribution in [0.15, 0.2) is 30.3 Å². The second-order valence-electron chi connectivity index (χ2n) is 4.76. The van der Waals surface area contributed by atoms with Crippen molar-refractivity contribution >= 4 is 17.7 Å². The van der Waals surface area contributed by atoms with E-state index in [1.807, 2.05) is 24.3 Å². The molecular formula is C15H19NO2. The standard InChI is InChI=1S/C15H19NO2/c16-14-6-2-5-13(11-14)7-8-15(17)18-10-9-12-3-1-4-12/h2,5-8,11-12H,1,3-4,9-10,16H2/b8-7+. The Morgan fingerprint density at radius 1 is 1.44 bits per heavy atom. The van der Waals surface area contributed by atoms with Crippen LogP contribution >= 0.6 is 0 Å². The summed E-state index contributed by atoms with van der Waals surface area (Å²) in [5.41, 5.74) is 7.25. The molecule has 0 amide bonds. The molecule has 1 fully saturated rings. The van der Waals surface area contributed by atoms with E-state index < -0.39 is 0 Å². The fourth-order valence-electron chi connectivity index (χ4n) is 1.98. The van der Waals surface area contributed by atoms with Gasteiger partial charge in [0.2, 0.25) is 0 Å². The molecule has 2 N–H and O–H groups in total. The van der Waals surface area contributed by atoms with Crippen LogP contribution in [-0.2, 0) is 9.53 Å². The summed E-state index contributed by atoms with van der Waals surface area (Å²) in [6.07, 6.45) is 8.08. The van der Waals surface area contributed by atoms with Gasteiger partial charge in [0.05, 0.1) is 6.61 Å². The van der Waals surface area contributed by atoms with Crippen LogP contribution in [0.1, 0.15) is 31.2 Å². The Hall–Kier alpha value is -1.77. The minimum absolute atomic E-state index is 0.281. The fourth-order valence-corrected chi connectivity index (χ4v) is 1.98. The van der Waals surface area contributed by atoms with Crippen LogP contribution < -0.4 is 5.73 Å². The van der Waals surface area contributed by atoms with E-state index in [0.29, 0.717) is 12.3 Å². The summed E-state index contributed by atoms with van der Waals surface area (Å²) >= 11 is 0. The van der Waals surface area contributed by atoms with Crippen molar-refractivity contribution in [3.8, 4) is 0 Å². The maximum absolute atomic E-state index is 11.4. The van der Waals surface area contributed by atoms with Crippen molar-refractivity contribution in [3.63, 3.8) is 0 Å². The van der Waals surface area contributed by atoms with E-state index in [1.165, 1.54) is 25.3 Å². The third-order valence-corrected chi connectivity index (χ3v) is 3.32. The molecule has 0 aromatic heterocycles. The van der Waals surface area contributed by atoms with Crippen molar-refractivity contribution in [3.05, 3.63) is 35.9 Å². The summed E-state index contributed by atoms with van der Waals surface area (Å²) in [6, 6.07) is 7.39. The number of carbonyl (C=O) groups excluding carboxylic acids is 1. The molecule has 96 valence electrons. The highest BCUT2D eigenvalue weighted by molar-refractivity contribution is 5.87. The Bertz CT molecular complexity index is 436. The molecule has 1 aromatic rings. The first-order valence-corrected chi connectivity index (χ1v) is 6.44. The van der Waals surface area contributed by atoms with E-state index >= 15 is 0 Å². The molecule has 0 radical (unpaired) electrons. The lowest BCUT2D eigenvalue weighted by Gasteiger charge is -2.24. The van der Waals surface area contributed by atoms with Crippen LogP contribution in [0.25, 0.3) is 6.08 Å². The Kier molecular flexibility index (Phi) is 4.40. The van der Waals surface area contributed by atoms with Crippen molar-refractivity contribution in [2.75, 3.05) is 12.3 Å². The third kappa shape index (κ3) is 3.91. The van der Waals surface area contributed by atoms with Crippen LogP contribution in [0.4, 0.5) is 5.69 Å². The molecule has 0 atom stereocenters. The molecule has 1 saturated carbocycles. The molecule has 1 aliphatic carbocycles. The first-order chi connectivity index (χ1) is 8.74. The van der Waals surface area contributed by atoms with Gasteiger partial charge in [0.1, 0.15) is 0 Å². The maximum atomic E-state index is 11.4. The van der Waals surface area contributed by atoms with Gasteiger partial charge in [0, 0.05) is 11.8 Å². The zero-order valence-corrected chi connectivity index (χ0v) is 10.5. The first-order valence-electron chi connectivity index (χ1n) is 6.44. The fraction of sp³-hybridized carbons (Fsp3) is 0.400. The topological polar surface area (TPSA) is 52.3 Å². The SMILES string of the molecule is Nc1cccc(/C=C/C(=O)OCCC2CCC2)c1. The normalized spacial score (nSPS) is 15.6. The summed E-state index contributed by atoms with van der Waals surface area (Å²) in [6.45, 7) is 0.533. The number of hydrogen-bond donors (Lipinski definition) is 1. The molecular weight excluding hydrogens is 226 g/mol. The zero-order valence-electron chi connectivity index (χ0n) is 10.5. The van der Waals surface area contributed by atoms with Gasteiger partial charge in [-0.2, -0.15) is 0 Å². The molecule has 0 saturated heterocycles. The number of rotatable bonds is 5. The molecule has 0 heterocycles. The highest BCUT2D eigenvalue weighted by atomic mass is 16.5. The number of benzene rings is 1.